The van der Waals surface area contributed by atoms with E-state index in [2.05, 4.69) is 15.1 Å². The van der Waals surface area contributed by atoms with Crippen molar-refractivity contribution in [2.45, 2.75) is 6.92 Å². The molecule has 1 aromatic rings. The maximum absolute atomic E-state index is 8.58. The monoisotopic (exact) mass is 128 g/mol. The second-order valence-corrected chi connectivity index (χ2v) is 1.27. The molecule has 0 radical (unpaired) electrons. The van der Waals surface area contributed by atoms with Gasteiger partial charge in [0, 0.05) is 0 Å². The predicted octanol–water partition coefficient (Wildman–Crippen LogP) is 0.0845. The van der Waals surface area contributed by atoms with E-state index < -0.39 is 0 Å². The molecule has 0 spiro atoms. The van der Waals surface area contributed by atoms with Gasteiger partial charge in [0.1, 0.15) is 6.26 Å². The zero-order valence-electron chi connectivity index (χ0n) is 5.07. The van der Waals surface area contributed by atoms with Gasteiger partial charge in [-0.1, -0.05) is 0 Å². The Kier molecular flexibility index (Phi) is 4.12. The molecule has 0 aliphatic heterocycles. The Morgan fingerprint density at radius 2 is 2.44 bits per heavy atom. The molecule has 4 heteroatoms. The summed E-state index contributed by atoms with van der Waals surface area (Å²) < 4.78 is 4.60. The van der Waals surface area contributed by atoms with Gasteiger partial charge >= 0.3 is 0 Å². The third-order valence-electron chi connectivity index (χ3n) is 0.556. The molecule has 50 valence electrons. The van der Waals surface area contributed by atoms with E-state index >= 15 is 0 Å². The van der Waals surface area contributed by atoms with E-state index in [0.29, 0.717) is 0 Å². The van der Waals surface area contributed by atoms with Crippen molar-refractivity contribution in [2.75, 3.05) is 0 Å². The van der Waals surface area contributed by atoms with Crippen molar-refractivity contribution in [3.63, 3.8) is 0 Å². The Hall–Kier alpha value is -1.32. The second-order valence-electron chi connectivity index (χ2n) is 1.27. The maximum Gasteiger partial charge on any atom is 0.204 e. The summed E-state index contributed by atoms with van der Waals surface area (Å²) in [5.41, 5.74) is 5.09. The predicted molar refractivity (Wildman–Crippen MR) is 31.5 cm³/mol. The molecule has 0 saturated carbocycles. The summed E-state index contributed by atoms with van der Waals surface area (Å²) in [6.45, 7) is 1.88. The SMILES string of the molecule is Cc1cocn1.NC=O. The van der Waals surface area contributed by atoms with Gasteiger partial charge in [-0.15, -0.1) is 0 Å². The number of carbonyl (C=O) groups is 1. The fourth-order valence-electron chi connectivity index (χ4n) is 0.273. The lowest BCUT2D eigenvalue weighted by Crippen LogP contribution is -1.82. The third-order valence-corrected chi connectivity index (χ3v) is 0.556. The average Bonchev–Trinajstić information content (AvgIpc) is 2.20. The first-order chi connectivity index (χ1) is 4.31. The summed E-state index contributed by atoms with van der Waals surface area (Å²) in [6.07, 6.45) is 3.26. The number of oxazole rings is 1. The summed E-state index contributed by atoms with van der Waals surface area (Å²) in [5, 5.41) is 0. The Morgan fingerprint density at radius 3 is 2.56 bits per heavy atom. The highest BCUT2D eigenvalue weighted by Gasteiger charge is 1.77. The van der Waals surface area contributed by atoms with Crippen LogP contribution in [-0.2, 0) is 4.79 Å². The summed E-state index contributed by atoms with van der Waals surface area (Å²) in [6, 6.07) is 0. The molecule has 4 nitrogen and oxygen atoms in total. The van der Waals surface area contributed by atoms with Crippen molar-refractivity contribution in [3.8, 4) is 0 Å². The van der Waals surface area contributed by atoms with Gasteiger partial charge in [0.2, 0.25) is 6.41 Å². The van der Waals surface area contributed by atoms with Gasteiger partial charge < -0.3 is 10.2 Å². The Labute approximate surface area is 52.7 Å². The van der Waals surface area contributed by atoms with E-state index in [1.165, 1.54) is 6.39 Å². The fraction of sp³-hybridized carbons (Fsp3) is 0.200. The van der Waals surface area contributed by atoms with Crippen molar-refractivity contribution >= 4 is 6.41 Å². The molecule has 0 unspecified atom stereocenters. The van der Waals surface area contributed by atoms with Crippen LogP contribution in [-0.4, -0.2) is 11.4 Å². The molecule has 0 aliphatic carbocycles. The second kappa shape index (κ2) is 4.83. The van der Waals surface area contributed by atoms with Crippen molar-refractivity contribution < 1.29 is 9.21 Å². The molecular formula is C5H8N2O2. The summed E-state index contributed by atoms with van der Waals surface area (Å²) in [7, 11) is 0. The highest BCUT2D eigenvalue weighted by atomic mass is 16.3. The molecule has 0 atom stereocenters. The number of primary amides is 1. The molecule has 0 fully saturated rings. The first kappa shape index (κ1) is 7.68. The van der Waals surface area contributed by atoms with E-state index in [-0.39, 0.29) is 6.41 Å². The number of nitrogens with zero attached hydrogens (tertiary/aromatic N) is 1. The highest BCUT2D eigenvalue weighted by molar-refractivity contribution is 5.42. The first-order valence-electron chi connectivity index (χ1n) is 2.31. The Bertz CT molecular complexity index is 148. The quantitative estimate of drug-likeness (QED) is 0.503. The van der Waals surface area contributed by atoms with E-state index in [4.69, 9.17) is 4.79 Å². The van der Waals surface area contributed by atoms with E-state index in [1.54, 1.807) is 6.26 Å². The Balaban J connectivity index is 0.000000187. The van der Waals surface area contributed by atoms with E-state index in [1.807, 2.05) is 6.92 Å². The van der Waals surface area contributed by atoms with Gasteiger partial charge in [-0.05, 0) is 6.92 Å². The van der Waals surface area contributed by atoms with Crippen LogP contribution >= 0.6 is 0 Å². The molecule has 1 aromatic heterocycles. The van der Waals surface area contributed by atoms with Crippen LogP contribution in [0, 0.1) is 6.92 Å². The van der Waals surface area contributed by atoms with Crippen molar-refractivity contribution in [1.82, 2.24) is 4.98 Å². The van der Waals surface area contributed by atoms with Crippen LogP contribution in [0.2, 0.25) is 0 Å². The van der Waals surface area contributed by atoms with Crippen LogP contribution in [0.1, 0.15) is 5.69 Å². The molecule has 1 amide bonds. The van der Waals surface area contributed by atoms with Crippen LogP contribution in [0.3, 0.4) is 0 Å². The zero-order chi connectivity index (χ0) is 7.11. The van der Waals surface area contributed by atoms with Gasteiger partial charge in [0.05, 0.1) is 5.69 Å². The lowest BCUT2D eigenvalue weighted by atomic mass is 10.6. The van der Waals surface area contributed by atoms with E-state index in [9.17, 15) is 0 Å². The van der Waals surface area contributed by atoms with Gasteiger partial charge in [-0.3, -0.25) is 4.79 Å². The molecule has 0 aromatic carbocycles. The zero-order valence-corrected chi connectivity index (χ0v) is 5.07. The molecule has 0 bridgehead atoms. The number of carbonyl (C=O) groups excluding carboxylic acids is 1. The van der Waals surface area contributed by atoms with Gasteiger partial charge in [-0.25, -0.2) is 4.98 Å². The lowest BCUT2D eigenvalue weighted by molar-refractivity contribution is -0.106. The number of hydrogen-bond acceptors (Lipinski definition) is 3. The van der Waals surface area contributed by atoms with Gasteiger partial charge in [0.15, 0.2) is 6.39 Å². The molecule has 2 N–H and O–H groups in total. The summed E-state index contributed by atoms with van der Waals surface area (Å²) >= 11 is 0. The molecule has 1 heterocycles. The van der Waals surface area contributed by atoms with Crippen molar-refractivity contribution in [1.29, 1.82) is 0 Å². The minimum absolute atomic E-state index is 0.250. The van der Waals surface area contributed by atoms with Crippen LogP contribution in [0.25, 0.3) is 0 Å². The van der Waals surface area contributed by atoms with Crippen molar-refractivity contribution in [2.24, 2.45) is 5.73 Å². The first-order valence-corrected chi connectivity index (χ1v) is 2.31. The number of aryl methyl sites for hydroxylation is 1. The molecule has 1 rings (SSSR count). The molecule has 9 heavy (non-hydrogen) atoms. The Morgan fingerprint density at radius 1 is 1.89 bits per heavy atom. The number of amides is 1. The van der Waals surface area contributed by atoms with E-state index in [0.717, 1.165) is 5.69 Å². The number of rotatable bonds is 0. The van der Waals surface area contributed by atoms with Crippen LogP contribution in [0.4, 0.5) is 0 Å². The van der Waals surface area contributed by atoms with Gasteiger partial charge in [-0.2, -0.15) is 0 Å². The van der Waals surface area contributed by atoms with Crippen LogP contribution in [0.15, 0.2) is 17.1 Å². The highest BCUT2D eigenvalue weighted by Crippen LogP contribution is 1.86. The van der Waals surface area contributed by atoms with Crippen LogP contribution < -0.4 is 5.73 Å². The molecular weight excluding hydrogens is 120 g/mol. The summed E-state index contributed by atoms with van der Waals surface area (Å²) in [4.78, 5) is 12.3. The minimum atomic E-state index is 0.250. The smallest absolute Gasteiger partial charge is 0.204 e. The number of aromatic nitrogens is 1. The van der Waals surface area contributed by atoms with Crippen molar-refractivity contribution in [3.05, 3.63) is 18.4 Å². The van der Waals surface area contributed by atoms with Gasteiger partial charge in [0.25, 0.3) is 0 Å². The maximum atomic E-state index is 8.58. The minimum Gasteiger partial charge on any atom is -0.452 e. The number of hydrogen-bond donors (Lipinski definition) is 1. The normalized spacial score (nSPS) is 7.22. The average molecular weight is 128 g/mol. The largest absolute Gasteiger partial charge is 0.452 e. The third kappa shape index (κ3) is 4.53. The topological polar surface area (TPSA) is 69.1 Å². The molecule has 0 saturated heterocycles. The lowest BCUT2D eigenvalue weighted by Gasteiger charge is -1.62. The molecule has 0 aliphatic rings. The standard InChI is InChI=1S/C4H5NO.CH3NO/c1-4-2-6-3-5-4;2-1-3/h2-3H,1H3;1H,(H2,2,3). The fourth-order valence-corrected chi connectivity index (χ4v) is 0.273. The van der Waals surface area contributed by atoms with Crippen LogP contribution in [0.5, 0.6) is 0 Å². The number of nitrogens with two attached hydrogens (primary N) is 1. The summed E-state index contributed by atoms with van der Waals surface area (Å²) in [5.74, 6) is 0.